The predicted molar refractivity (Wildman–Crippen MR) is 56.2 cm³/mol. The van der Waals surface area contributed by atoms with Gasteiger partial charge in [0.15, 0.2) is 17.5 Å². The van der Waals surface area contributed by atoms with Crippen LogP contribution < -0.4 is 5.73 Å². The molecule has 0 heterocycles. The van der Waals surface area contributed by atoms with Gasteiger partial charge >= 0.3 is 0 Å². The van der Waals surface area contributed by atoms with E-state index in [0.717, 1.165) is 0 Å². The van der Waals surface area contributed by atoms with Crippen molar-refractivity contribution >= 4 is 27.5 Å². The molecule has 0 unspecified atom stereocenters. The van der Waals surface area contributed by atoms with Crippen LogP contribution in [0.15, 0.2) is 4.47 Å². The first kappa shape index (κ1) is 12.8. The summed E-state index contributed by atoms with van der Waals surface area (Å²) in [6, 6.07) is 0. The van der Waals surface area contributed by atoms with Crippen molar-refractivity contribution in [2.24, 2.45) is 5.73 Å². The van der Waals surface area contributed by atoms with Gasteiger partial charge in [-0.2, -0.15) is 0 Å². The summed E-state index contributed by atoms with van der Waals surface area (Å²) in [7, 11) is 0. The van der Waals surface area contributed by atoms with Crippen molar-refractivity contribution in [2.45, 2.75) is 19.4 Å². The van der Waals surface area contributed by atoms with Crippen LogP contribution in [0.25, 0.3) is 0 Å². The van der Waals surface area contributed by atoms with E-state index in [1.165, 1.54) is 13.8 Å². The molecular formula is C9H8BrClF3N. The standard InChI is InChI=1S/C9H8BrClF3N/c1-9(2,15)3-5(11)7(13)4(10)8(14)6(3)12/h15H2,1-2H3. The molecule has 0 aromatic heterocycles. The summed E-state index contributed by atoms with van der Waals surface area (Å²) in [5.74, 6) is -3.62. The highest BCUT2D eigenvalue weighted by Crippen LogP contribution is 2.36. The Bertz CT molecular complexity index is 386. The van der Waals surface area contributed by atoms with Crippen LogP contribution in [-0.2, 0) is 5.54 Å². The number of benzene rings is 1. The molecule has 0 fully saturated rings. The number of hydrogen-bond donors (Lipinski definition) is 1. The highest BCUT2D eigenvalue weighted by molar-refractivity contribution is 9.10. The lowest BCUT2D eigenvalue weighted by Crippen LogP contribution is -2.31. The third-order valence-electron chi connectivity index (χ3n) is 1.85. The van der Waals surface area contributed by atoms with Crippen LogP contribution in [0.4, 0.5) is 13.2 Å². The lowest BCUT2D eigenvalue weighted by atomic mass is 9.94. The van der Waals surface area contributed by atoms with Gasteiger partial charge in [0, 0.05) is 11.1 Å². The van der Waals surface area contributed by atoms with Crippen molar-refractivity contribution in [3.63, 3.8) is 0 Å². The number of halogens is 5. The molecule has 0 aliphatic carbocycles. The second kappa shape index (κ2) is 3.96. The summed E-state index contributed by atoms with van der Waals surface area (Å²) >= 11 is 8.14. The van der Waals surface area contributed by atoms with E-state index < -0.39 is 32.5 Å². The third kappa shape index (κ3) is 2.14. The lowest BCUT2D eigenvalue weighted by Gasteiger charge is -2.22. The van der Waals surface area contributed by atoms with Gasteiger partial charge in [0.25, 0.3) is 0 Å². The molecule has 1 nitrogen and oxygen atoms in total. The smallest absolute Gasteiger partial charge is 0.176 e. The fourth-order valence-corrected chi connectivity index (χ4v) is 2.08. The molecule has 0 atom stereocenters. The molecule has 15 heavy (non-hydrogen) atoms. The average molecular weight is 303 g/mol. The first-order valence-electron chi connectivity index (χ1n) is 3.98. The zero-order valence-electron chi connectivity index (χ0n) is 7.97. The van der Waals surface area contributed by atoms with Crippen LogP contribution in [0.1, 0.15) is 19.4 Å². The maximum absolute atomic E-state index is 13.5. The Hall–Kier alpha value is -0.260. The van der Waals surface area contributed by atoms with Crippen molar-refractivity contribution in [1.29, 1.82) is 0 Å². The zero-order chi connectivity index (χ0) is 12.0. The molecule has 2 N–H and O–H groups in total. The molecule has 0 aliphatic heterocycles. The maximum Gasteiger partial charge on any atom is 0.176 e. The van der Waals surface area contributed by atoms with Gasteiger partial charge in [-0.15, -0.1) is 0 Å². The van der Waals surface area contributed by atoms with Crippen LogP contribution in [0.5, 0.6) is 0 Å². The summed E-state index contributed by atoms with van der Waals surface area (Å²) in [5.41, 5.74) is 3.94. The molecule has 1 aromatic rings. The minimum atomic E-state index is -1.33. The number of hydrogen-bond acceptors (Lipinski definition) is 1. The Labute approximate surface area is 98.5 Å². The van der Waals surface area contributed by atoms with Gasteiger partial charge in [-0.25, -0.2) is 13.2 Å². The fraction of sp³-hybridized carbons (Fsp3) is 0.333. The highest BCUT2D eigenvalue weighted by Gasteiger charge is 2.30. The average Bonchev–Trinajstić information content (AvgIpc) is 2.09. The van der Waals surface area contributed by atoms with Gasteiger partial charge in [0.1, 0.15) is 0 Å². The van der Waals surface area contributed by atoms with Gasteiger partial charge in [0.05, 0.1) is 9.50 Å². The van der Waals surface area contributed by atoms with E-state index in [1.807, 2.05) is 0 Å². The number of rotatable bonds is 1. The van der Waals surface area contributed by atoms with Crippen molar-refractivity contribution in [3.05, 3.63) is 32.5 Å². The summed E-state index contributed by atoms with van der Waals surface area (Å²) in [6.07, 6.45) is 0. The molecule has 0 aliphatic rings. The Morgan fingerprint density at radius 3 is 2.00 bits per heavy atom. The Balaban J connectivity index is 3.68. The Morgan fingerprint density at radius 2 is 1.60 bits per heavy atom. The second-order valence-electron chi connectivity index (χ2n) is 3.67. The molecule has 6 heteroatoms. The summed E-state index contributed by atoms with van der Waals surface area (Å²) in [4.78, 5) is 0. The van der Waals surface area contributed by atoms with E-state index in [1.54, 1.807) is 0 Å². The van der Waals surface area contributed by atoms with E-state index >= 15 is 0 Å². The summed E-state index contributed by atoms with van der Waals surface area (Å²) < 4.78 is 39.3. The molecule has 0 amide bonds. The number of nitrogens with two attached hydrogens (primary N) is 1. The van der Waals surface area contributed by atoms with E-state index in [0.29, 0.717) is 0 Å². The van der Waals surface area contributed by atoms with Crippen LogP contribution in [0, 0.1) is 17.5 Å². The van der Waals surface area contributed by atoms with E-state index in [2.05, 4.69) is 15.9 Å². The molecule has 84 valence electrons. The topological polar surface area (TPSA) is 26.0 Å². The Kier molecular flexibility index (Phi) is 3.38. The maximum atomic E-state index is 13.5. The molecule has 1 rings (SSSR count). The minimum Gasteiger partial charge on any atom is -0.322 e. The lowest BCUT2D eigenvalue weighted by molar-refractivity contribution is 0.439. The normalized spacial score (nSPS) is 12.0. The molecule has 0 bridgehead atoms. The van der Waals surface area contributed by atoms with E-state index in [9.17, 15) is 13.2 Å². The molecule has 0 saturated carbocycles. The predicted octanol–water partition coefficient (Wildman–Crippen LogP) is 3.71. The van der Waals surface area contributed by atoms with E-state index in [-0.39, 0.29) is 5.56 Å². The van der Waals surface area contributed by atoms with Crippen molar-refractivity contribution in [1.82, 2.24) is 0 Å². The zero-order valence-corrected chi connectivity index (χ0v) is 10.3. The van der Waals surface area contributed by atoms with Crippen molar-refractivity contribution < 1.29 is 13.2 Å². The van der Waals surface area contributed by atoms with Crippen molar-refractivity contribution in [3.8, 4) is 0 Å². The SMILES string of the molecule is CC(C)(N)c1c(F)c(F)c(Br)c(F)c1Cl. The second-order valence-corrected chi connectivity index (χ2v) is 4.84. The first-order chi connectivity index (χ1) is 6.68. The van der Waals surface area contributed by atoms with Crippen LogP contribution in [0.3, 0.4) is 0 Å². The highest BCUT2D eigenvalue weighted by atomic mass is 79.9. The molecule has 0 radical (unpaired) electrons. The minimum absolute atomic E-state index is 0.373. The molecular weight excluding hydrogens is 294 g/mol. The third-order valence-corrected chi connectivity index (χ3v) is 2.91. The summed E-state index contributed by atoms with van der Waals surface area (Å²) in [6.45, 7) is 2.81. The molecule has 0 saturated heterocycles. The van der Waals surface area contributed by atoms with E-state index in [4.69, 9.17) is 17.3 Å². The largest absolute Gasteiger partial charge is 0.322 e. The molecule has 1 aromatic carbocycles. The van der Waals surface area contributed by atoms with Gasteiger partial charge in [0.2, 0.25) is 0 Å². The van der Waals surface area contributed by atoms with Gasteiger partial charge in [-0.3, -0.25) is 0 Å². The van der Waals surface area contributed by atoms with Gasteiger partial charge in [-0.1, -0.05) is 11.6 Å². The molecule has 0 spiro atoms. The fourth-order valence-electron chi connectivity index (χ4n) is 1.17. The summed E-state index contributed by atoms with van der Waals surface area (Å²) in [5, 5.41) is -0.506. The Morgan fingerprint density at radius 1 is 1.13 bits per heavy atom. The quantitative estimate of drug-likeness (QED) is 0.621. The first-order valence-corrected chi connectivity index (χ1v) is 5.15. The monoisotopic (exact) mass is 301 g/mol. The van der Waals surface area contributed by atoms with Crippen LogP contribution >= 0.6 is 27.5 Å². The van der Waals surface area contributed by atoms with Crippen LogP contribution in [-0.4, -0.2) is 0 Å². The van der Waals surface area contributed by atoms with Crippen LogP contribution in [0.2, 0.25) is 5.02 Å². The van der Waals surface area contributed by atoms with Gasteiger partial charge in [-0.05, 0) is 29.8 Å². The van der Waals surface area contributed by atoms with Gasteiger partial charge < -0.3 is 5.73 Å². The van der Waals surface area contributed by atoms with Crippen molar-refractivity contribution in [2.75, 3.05) is 0 Å².